The summed E-state index contributed by atoms with van der Waals surface area (Å²) in [4.78, 5) is 2.33. The molecule has 0 aromatic heterocycles. The fourth-order valence-electron chi connectivity index (χ4n) is 1.84. The fourth-order valence-corrected chi connectivity index (χ4v) is 1.84. The molecule has 1 heterocycles. The van der Waals surface area contributed by atoms with Crippen molar-refractivity contribution in [2.45, 2.75) is 12.5 Å². The van der Waals surface area contributed by atoms with Crippen LogP contribution in [0.25, 0.3) is 0 Å². The number of benzene rings is 1. The van der Waals surface area contributed by atoms with Crippen molar-refractivity contribution in [2.24, 2.45) is 0 Å². The number of ether oxygens (including phenoxy) is 1. The van der Waals surface area contributed by atoms with Crippen LogP contribution in [0.15, 0.2) is 24.3 Å². The predicted octanol–water partition coefficient (Wildman–Crippen LogP) is 1.49. The molecule has 0 amide bonds. The summed E-state index contributed by atoms with van der Waals surface area (Å²) in [5.41, 5.74) is 7.69. The van der Waals surface area contributed by atoms with E-state index in [0.29, 0.717) is 6.10 Å². The van der Waals surface area contributed by atoms with E-state index in [2.05, 4.69) is 17.0 Å². The zero-order valence-electron chi connectivity index (χ0n) is 8.44. The molecule has 1 unspecified atom stereocenters. The summed E-state index contributed by atoms with van der Waals surface area (Å²) in [6.45, 7) is 2.06. The monoisotopic (exact) mass is 192 g/mol. The van der Waals surface area contributed by atoms with E-state index in [4.69, 9.17) is 10.5 Å². The van der Waals surface area contributed by atoms with Crippen molar-refractivity contribution in [2.75, 3.05) is 30.8 Å². The third kappa shape index (κ3) is 1.82. The summed E-state index contributed by atoms with van der Waals surface area (Å²) in [5, 5.41) is 0. The van der Waals surface area contributed by atoms with Gasteiger partial charge in [-0.3, -0.25) is 0 Å². The van der Waals surface area contributed by atoms with Crippen LogP contribution in [0, 0.1) is 0 Å². The SMILES string of the molecule is COC1CCN(c2ccc(N)cc2)C1. The van der Waals surface area contributed by atoms with Crippen molar-refractivity contribution >= 4 is 11.4 Å². The van der Waals surface area contributed by atoms with Gasteiger partial charge < -0.3 is 15.4 Å². The summed E-state index contributed by atoms with van der Waals surface area (Å²) in [6.07, 6.45) is 1.49. The van der Waals surface area contributed by atoms with Crippen molar-refractivity contribution in [1.29, 1.82) is 0 Å². The highest BCUT2D eigenvalue weighted by atomic mass is 16.5. The minimum absolute atomic E-state index is 0.382. The average Bonchev–Trinajstić information content (AvgIpc) is 2.67. The number of nitrogens with two attached hydrogens (primary N) is 1. The van der Waals surface area contributed by atoms with Crippen LogP contribution in [0.3, 0.4) is 0 Å². The molecular formula is C11H16N2O. The third-order valence-electron chi connectivity index (χ3n) is 2.74. The Morgan fingerprint density at radius 1 is 1.36 bits per heavy atom. The Labute approximate surface area is 84.5 Å². The fraction of sp³-hybridized carbons (Fsp3) is 0.455. The molecule has 1 aromatic carbocycles. The molecule has 3 nitrogen and oxygen atoms in total. The standard InChI is InChI=1S/C11H16N2O/c1-14-11-6-7-13(8-11)10-4-2-9(12)3-5-10/h2-5,11H,6-8,12H2,1H3. The van der Waals surface area contributed by atoms with Crippen LogP contribution >= 0.6 is 0 Å². The maximum Gasteiger partial charge on any atom is 0.0762 e. The molecule has 3 heteroatoms. The van der Waals surface area contributed by atoms with Gasteiger partial charge in [-0.1, -0.05) is 0 Å². The normalized spacial score (nSPS) is 21.5. The second-order valence-electron chi connectivity index (χ2n) is 3.68. The van der Waals surface area contributed by atoms with Crippen molar-refractivity contribution in [1.82, 2.24) is 0 Å². The second-order valence-corrected chi connectivity index (χ2v) is 3.68. The Bertz CT molecular complexity index is 297. The zero-order chi connectivity index (χ0) is 9.97. The lowest BCUT2D eigenvalue weighted by atomic mass is 10.2. The largest absolute Gasteiger partial charge is 0.399 e. The van der Waals surface area contributed by atoms with E-state index in [9.17, 15) is 0 Å². The molecule has 1 fully saturated rings. The summed E-state index contributed by atoms with van der Waals surface area (Å²) < 4.78 is 5.32. The molecule has 0 spiro atoms. The highest BCUT2D eigenvalue weighted by molar-refractivity contribution is 5.53. The lowest BCUT2D eigenvalue weighted by Crippen LogP contribution is -2.21. The van der Waals surface area contributed by atoms with Gasteiger partial charge in [-0.05, 0) is 30.7 Å². The third-order valence-corrected chi connectivity index (χ3v) is 2.74. The van der Waals surface area contributed by atoms with E-state index in [1.807, 2.05) is 12.1 Å². The minimum atomic E-state index is 0.382. The maximum absolute atomic E-state index is 5.64. The Hall–Kier alpha value is -1.22. The molecular weight excluding hydrogens is 176 g/mol. The predicted molar refractivity (Wildman–Crippen MR) is 58.5 cm³/mol. The van der Waals surface area contributed by atoms with Crippen LogP contribution in [0.5, 0.6) is 0 Å². The molecule has 1 aromatic rings. The summed E-state index contributed by atoms with van der Waals surface area (Å²) in [7, 11) is 1.77. The van der Waals surface area contributed by atoms with Gasteiger partial charge in [0.2, 0.25) is 0 Å². The molecule has 0 saturated carbocycles. The van der Waals surface area contributed by atoms with Gasteiger partial charge in [0, 0.05) is 31.6 Å². The average molecular weight is 192 g/mol. The molecule has 1 atom stereocenters. The van der Waals surface area contributed by atoms with Crippen LogP contribution in [-0.4, -0.2) is 26.3 Å². The number of hydrogen-bond donors (Lipinski definition) is 1. The van der Waals surface area contributed by atoms with E-state index >= 15 is 0 Å². The molecule has 1 aliphatic heterocycles. The molecule has 2 N–H and O–H groups in total. The lowest BCUT2D eigenvalue weighted by Gasteiger charge is -2.18. The Kier molecular flexibility index (Phi) is 2.59. The van der Waals surface area contributed by atoms with E-state index in [1.165, 1.54) is 5.69 Å². The van der Waals surface area contributed by atoms with Crippen LogP contribution in [0.4, 0.5) is 11.4 Å². The van der Waals surface area contributed by atoms with Crippen LogP contribution in [0.1, 0.15) is 6.42 Å². The van der Waals surface area contributed by atoms with Gasteiger partial charge in [0.25, 0.3) is 0 Å². The first-order valence-corrected chi connectivity index (χ1v) is 4.93. The quantitative estimate of drug-likeness (QED) is 0.721. The van der Waals surface area contributed by atoms with Crippen LogP contribution in [-0.2, 0) is 4.74 Å². The van der Waals surface area contributed by atoms with Gasteiger partial charge in [0.1, 0.15) is 0 Å². The summed E-state index contributed by atoms with van der Waals surface area (Å²) in [5.74, 6) is 0. The zero-order valence-corrected chi connectivity index (χ0v) is 8.44. The molecule has 0 aliphatic carbocycles. The molecule has 1 saturated heterocycles. The second kappa shape index (κ2) is 3.88. The van der Waals surface area contributed by atoms with Crippen LogP contribution < -0.4 is 10.6 Å². The Balaban J connectivity index is 2.06. The number of hydrogen-bond acceptors (Lipinski definition) is 3. The Morgan fingerprint density at radius 2 is 2.07 bits per heavy atom. The summed E-state index contributed by atoms with van der Waals surface area (Å²) >= 11 is 0. The highest BCUT2D eigenvalue weighted by Crippen LogP contribution is 2.22. The Morgan fingerprint density at radius 3 is 2.64 bits per heavy atom. The summed E-state index contributed by atoms with van der Waals surface area (Å²) in [6, 6.07) is 8.01. The topological polar surface area (TPSA) is 38.5 Å². The van der Waals surface area contributed by atoms with Gasteiger partial charge in [0.15, 0.2) is 0 Å². The molecule has 2 rings (SSSR count). The lowest BCUT2D eigenvalue weighted by molar-refractivity contribution is 0.121. The number of rotatable bonds is 2. The molecule has 0 radical (unpaired) electrons. The minimum Gasteiger partial charge on any atom is -0.399 e. The van der Waals surface area contributed by atoms with Gasteiger partial charge in [-0.25, -0.2) is 0 Å². The van der Waals surface area contributed by atoms with Crippen molar-refractivity contribution in [3.05, 3.63) is 24.3 Å². The van der Waals surface area contributed by atoms with Crippen molar-refractivity contribution < 1.29 is 4.74 Å². The first kappa shape index (κ1) is 9.34. The van der Waals surface area contributed by atoms with E-state index < -0.39 is 0 Å². The van der Waals surface area contributed by atoms with E-state index in [1.54, 1.807) is 7.11 Å². The first-order chi connectivity index (χ1) is 6.79. The van der Waals surface area contributed by atoms with Gasteiger partial charge >= 0.3 is 0 Å². The molecule has 1 aliphatic rings. The van der Waals surface area contributed by atoms with E-state index in [0.717, 1.165) is 25.2 Å². The first-order valence-electron chi connectivity index (χ1n) is 4.93. The molecule has 76 valence electrons. The van der Waals surface area contributed by atoms with Crippen molar-refractivity contribution in [3.63, 3.8) is 0 Å². The van der Waals surface area contributed by atoms with Gasteiger partial charge in [0.05, 0.1) is 6.10 Å². The van der Waals surface area contributed by atoms with Crippen molar-refractivity contribution in [3.8, 4) is 0 Å². The number of anilines is 2. The van der Waals surface area contributed by atoms with Gasteiger partial charge in [-0.15, -0.1) is 0 Å². The van der Waals surface area contributed by atoms with E-state index in [-0.39, 0.29) is 0 Å². The smallest absolute Gasteiger partial charge is 0.0762 e. The maximum atomic E-state index is 5.64. The number of methoxy groups -OCH3 is 1. The molecule has 14 heavy (non-hydrogen) atoms. The van der Waals surface area contributed by atoms with Crippen LogP contribution in [0.2, 0.25) is 0 Å². The number of nitrogen functional groups attached to an aromatic ring is 1. The number of nitrogens with zero attached hydrogens (tertiary/aromatic N) is 1. The van der Waals surface area contributed by atoms with Gasteiger partial charge in [-0.2, -0.15) is 0 Å². The molecule has 0 bridgehead atoms. The highest BCUT2D eigenvalue weighted by Gasteiger charge is 2.21.